The molecule has 2 heterocycles. The van der Waals surface area contributed by atoms with Crippen LogP contribution in [-0.4, -0.2) is 37.6 Å². The summed E-state index contributed by atoms with van der Waals surface area (Å²) in [5.41, 5.74) is 1.23. The Labute approximate surface area is 134 Å². The van der Waals surface area contributed by atoms with Gasteiger partial charge in [-0.25, -0.2) is 0 Å². The minimum Gasteiger partial charge on any atom is -0.369 e. The lowest BCUT2D eigenvalue weighted by molar-refractivity contribution is -0.122. The Kier molecular flexibility index (Phi) is 4.80. The van der Waals surface area contributed by atoms with Gasteiger partial charge in [-0.1, -0.05) is 15.9 Å². The van der Waals surface area contributed by atoms with E-state index in [1.807, 2.05) is 0 Å². The van der Waals surface area contributed by atoms with Crippen molar-refractivity contribution in [3.8, 4) is 0 Å². The molecular weight excluding hydrogens is 330 g/mol. The quantitative estimate of drug-likeness (QED) is 0.874. The number of anilines is 1. The molecule has 1 amide bonds. The number of nitrogens with zero attached hydrogens (tertiary/aromatic N) is 1. The molecule has 2 unspecified atom stereocenters. The molecule has 21 heavy (non-hydrogen) atoms. The van der Waals surface area contributed by atoms with Crippen LogP contribution in [0, 0.1) is 0 Å². The molecule has 1 aromatic carbocycles. The van der Waals surface area contributed by atoms with E-state index in [2.05, 4.69) is 55.7 Å². The Balaban J connectivity index is 1.47. The zero-order valence-corrected chi connectivity index (χ0v) is 13.7. The molecule has 2 saturated heterocycles. The van der Waals surface area contributed by atoms with Crippen LogP contribution in [0.15, 0.2) is 28.7 Å². The maximum absolute atomic E-state index is 12.1. The lowest BCUT2D eigenvalue weighted by Gasteiger charge is -2.19. The summed E-state index contributed by atoms with van der Waals surface area (Å²) in [6.07, 6.45) is 3.97. The fourth-order valence-corrected chi connectivity index (χ4v) is 3.47. The molecule has 5 heteroatoms. The number of amides is 1. The van der Waals surface area contributed by atoms with E-state index in [9.17, 15) is 4.79 Å². The average molecular weight is 352 g/mol. The van der Waals surface area contributed by atoms with Gasteiger partial charge in [0.2, 0.25) is 5.91 Å². The summed E-state index contributed by atoms with van der Waals surface area (Å²) in [5, 5.41) is 6.56. The van der Waals surface area contributed by atoms with Gasteiger partial charge in [0.15, 0.2) is 0 Å². The van der Waals surface area contributed by atoms with E-state index in [1.54, 1.807) is 0 Å². The monoisotopic (exact) mass is 351 g/mol. The van der Waals surface area contributed by atoms with E-state index in [0.29, 0.717) is 12.5 Å². The van der Waals surface area contributed by atoms with Crippen molar-refractivity contribution in [2.45, 2.75) is 37.8 Å². The van der Waals surface area contributed by atoms with Gasteiger partial charge in [-0.3, -0.25) is 4.79 Å². The van der Waals surface area contributed by atoms with Crippen LogP contribution in [0.1, 0.15) is 25.7 Å². The molecule has 114 valence electrons. The number of halogens is 1. The summed E-state index contributed by atoms with van der Waals surface area (Å²) < 4.78 is 1.10. The number of benzene rings is 1. The molecule has 0 saturated carbocycles. The van der Waals surface area contributed by atoms with E-state index in [-0.39, 0.29) is 11.9 Å². The molecule has 0 radical (unpaired) electrons. The maximum atomic E-state index is 12.1. The highest BCUT2D eigenvalue weighted by Crippen LogP contribution is 2.22. The normalized spacial score (nSPS) is 25.3. The molecule has 0 spiro atoms. The van der Waals surface area contributed by atoms with E-state index in [0.717, 1.165) is 36.9 Å². The molecule has 2 fully saturated rings. The van der Waals surface area contributed by atoms with E-state index >= 15 is 0 Å². The fraction of sp³-hybridized carbons (Fsp3) is 0.562. The Morgan fingerprint density at radius 1 is 1.33 bits per heavy atom. The average Bonchev–Trinajstić information content (AvgIpc) is 3.11. The smallest absolute Gasteiger partial charge is 0.221 e. The summed E-state index contributed by atoms with van der Waals surface area (Å²) in [5.74, 6) is 0.192. The second-order valence-corrected chi connectivity index (χ2v) is 6.89. The van der Waals surface area contributed by atoms with Crippen LogP contribution in [0.4, 0.5) is 5.69 Å². The van der Waals surface area contributed by atoms with Crippen LogP contribution in [0.5, 0.6) is 0 Å². The molecule has 2 N–H and O–H groups in total. The minimum absolute atomic E-state index is 0.192. The van der Waals surface area contributed by atoms with Crippen LogP contribution in [0.2, 0.25) is 0 Å². The first-order valence-electron chi connectivity index (χ1n) is 7.74. The lowest BCUT2D eigenvalue weighted by Crippen LogP contribution is -2.39. The predicted octanol–water partition coefficient (Wildman–Crippen LogP) is 2.29. The van der Waals surface area contributed by atoms with Crippen LogP contribution in [0.25, 0.3) is 0 Å². The third kappa shape index (κ3) is 3.98. The van der Waals surface area contributed by atoms with Crippen LogP contribution in [-0.2, 0) is 4.79 Å². The second-order valence-electron chi connectivity index (χ2n) is 5.97. The molecule has 2 aliphatic rings. The molecule has 2 aliphatic heterocycles. The largest absolute Gasteiger partial charge is 0.369 e. The molecule has 0 aromatic heterocycles. The van der Waals surface area contributed by atoms with E-state index in [1.165, 1.54) is 12.1 Å². The first-order chi connectivity index (χ1) is 10.2. The SMILES string of the molecule is O=C(CC1CCCN1)NC1CCN(c2ccc(Br)cc2)C1. The number of carbonyl (C=O) groups is 1. The highest BCUT2D eigenvalue weighted by molar-refractivity contribution is 9.10. The number of nitrogens with one attached hydrogen (secondary N) is 2. The van der Waals surface area contributed by atoms with Crippen molar-refractivity contribution >= 4 is 27.5 Å². The number of hydrogen-bond acceptors (Lipinski definition) is 3. The van der Waals surface area contributed by atoms with E-state index < -0.39 is 0 Å². The van der Waals surface area contributed by atoms with Crippen LogP contribution >= 0.6 is 15.9 Å². The molecule has 3 rings (SSSR count). The topological polar surface area (TPSA) is 44.4 Å². The molecule has 1 aromatic rings. The number of rotatable bonds is 4. The van der Waals surface area contributed by atoms with Crippen molar-refractivity contribution in [3.63, 3.8) is 0 Å². The standard InChI is InChI=1S/C16H22BrN3O/c17-12-3-5-15(6-4-12)20-9-7-14(11-20)19-16(21)10-13-2-1-8-18-13/h3-6,13-14,18H,1-2,7-11H2,(H,19,21). The summed E-state index contributed by atoms with van der Waals surface area (Å²) in [4.78, 5) is 14.4. The van der Waals surface area contributed by atoms with Crippen molar-refractivity contribution < 1.29 is 4.79 Å². The first-order valence-corrected chi connectivity index (χ1v) is 8.53. The van der Waals surface area contributed by atoms with Crippen molar-refractivity contribution in [1.29, 1.82) is 0 Å². The van der Waals surface area contributed by atoms with E-state index in [4.69, 9.17) is 0 Å². The molecule has 0 bridgehead atoms. The summed E-state index contributed by atoms with van der Waals surface area (Å²) >= 11 is 3.46. The Morgan fingerprint density at radius 3 is 2.86 bits per heavy atom. The summed E-state index contributed by atoms with van der Waals surface area (Å²) in [6, 6.07) is 9.03. The van der Waals surface area contributed by atoms with Crippen molar-refractivity contribution in [1.82, 2.24) is 10.6 Å². The highest BCUT2D eigenvalue weighted by Gasteiger charge is 2.25. The van der Waals surface area contributed by atoms with Crippen molar-refractivity contribution in [2.75, 3.05) is 24.5 Å². The second kappa shape index (κ2) is 6.79. The molecule has 0 aliphatic carbocycles. The van der Waals surface area contributed by atoms with Gasteiger partial charge in [0.05, 0.1) is 0 Å². The van der Waals surface area contributed by atoms with Gasteiger partial charge in [-0.15, -0.1) is 0 Å². The van der Waals surface area contributed by atoms with Gasteiger partial charge < -0.3 is 15.5 Å². The summed E-state index contributed by atoms with van der Waals surface area (Å²) in [6.45, 7) is 2.97. The van der Waals surface area contributed by atoms with Crippen molar-refractivity contribution in [3.05, 3.63) is 28.7 Å². The fourth-order valence-electron chi connectivity index (χ4n) is 3.21. The summed E-state index contributed by atoms with van der Waals surface area (Å²) in [7, 11) is 0. The third-order valence-corrected chi connectivity index (χ3v) is 4.87. The van der Waals surface area contributed by atoms with Crippen LogP contribution < -0.4 is 15.5 Å². The zero-order chi connectivity index (χ0) is 14.7. The number of carbonyl (C=O) groups excluding carboxylic acids is 1. The third-order valence-electron chi connectivity index (χ3n) is 4.34. The van der Waals surface area contributed by atoms with Gasteiger partial charge in [-0.05, 0) is 50.1 Å². The number of hydrogen-bond donors (Lipinski definition) is 2. The first kappa shape index (κ1) is 14.9. The van der Waals surface area contributed by atoms with Gasteiger partial charge in [0.25, 0.3) is 0 Å². The van der Waals surface area contributed by atoms with Crippen LogP contribution in [0.3, 0.4) is 0 Å². The highest BCUT2D eigenvalue weighted by atomic mass is 79.9. The van der Waals surface area contributed by atoms with Gasteiger partial charge in [0, 0.05) is 41.8 Å². The molecule has 2 atom stereocenters. The van der Waals surface area contributed by atoms with Gasteiger partial charge in [0.1, 0.15) is 0 Å². The Hall–Kier alpha value is -1.07. The molecule has 4 nitrogen and oxygen atoms in total. The zero-order valence-electron chi connectivity index (χ0n) is 12.1. The minimum atomic E-state index is 0.192. The van der Waals surface area contributed by atoms with Crippen molar-refractivity contribution in [2.24, 2.45) is 0 Å². The lowest BCUT2D eigenvalue weighted by atomic mass is 10.1. The van der Waals surface area contributed by atoms with Gasteiger partial charge >= 0.3 is 0 Å². The maximum Gasteiger partial charge on any atom is 0.221 e. The Bertz CT molecular complexity index is 485. The molecular formula is C16H22BrN3O. The predicted molar refractivity (Wildman–Crippen MR) is 88.5 cm³/mol. The van der Waals surface area contributed by atoms with Gasteiger partial charge in [-0.2, -0.15) is 0 Å². The Morgan fingerprint density at radius 2 is 2.14 bits per heavy atom.